The molecule has 0 fully saturated rings. The lowest BCUT2D eigenvalue weighted by molar-refractivity contribution is 0.300. The third-order valence-electron chi connectivity index (χ3n) is 7.51. The molecule has 0 amide bonds. The van der Waals surface area contributed by atoms with Crippen LogP contribution < -0.4 is 4.74 Å². The second-order valence-corrected chi connectivity index (χ2v) is 15.8. The summed E-state index contributed by atoms with van der Waals surface area (Å²) in [6.07, 6.45) is 13.4. The van der Waals surface area contributed by atoms with Gasteiger partial charge >= 0.3 is 0 Å². The first-order chi connectivity index (χ1) is 20.4. The van der Waals surface area contributed by atoms with E-state index in [4.69, 9.17) is 9.47 Å². The normalized spacial score (nSPS) is 12.1. The van der Waals surface area contributed by atoms with Crippen LogP contribution in [-0.2, 0) is 4.74 Å². The molecule has 6 heteroatoms. The van der Waals surface area contributed by atoms with Crippen molar-refractivity contribution in [1.29, 1.82) is 0 Å². The molecule has 4 aromatic rings. The Hall–Kier alpha value is -1.86. The largest absolute Gasteiger partial charge is 0.492 e. The smallest absolute Gasteiger partial charge is 0.140 e. The van der Waals surface area contributed by atoms with Crippen LogP contribution in [-0.4, -0.2) is 13.2 Å². The molecule has 0 aromatic carbocycles. The Kier molecular flexibility index (Phi) is 13.3. The van der Waals surface area contributed by atoms with Gasteiger partial charge in [0.05, 0.1) is 27.8 Å². The third kappa shape index (κ3) is 9.07. The van der Waals surface area contributed by atoms with Crippen molar-refractivity contribution in [1.82, 2.24) is 0 Å². The molecular weight excluding hydrogens is 593 g/mol. The standard InChI is InChI=1S/C36H48O2S4/c1-7-9-10-11-12-13-14-15-16-17-22-38-29-24-27(5)40-36(29)35-25(3)23-33(42-35)31-21-20-30(41-31)28(6)34(37-8-2)32-19-18-26(4)39-32/h18-21,23-24H,7-17,22H2,1-6H3/b34-28-. The van der Waals surface area contributed by atoms with E-state index < -0.39 is 0 Å². The summed E-state index contributed by atoms with van der Waals surface area (Å²) in [4.78, 5) is 10.3. The van der Waals surface area contributed by atoms with Crippen LogP contribution in [0.25, 0.3) is 30.8 Å². The molecule has 4 rings (SSSR count). The average molecular weight is 641 g/mol. The fraction of sp³-hybridized carbons (Fsp3) is 0.500. The maximum atomic E-state index is 6.38. The number of aryl methyl sites for hydroxylation is 3. The highest BCUT2D eigenvalue weighted by Gasteiger charge is 2.19. The van der Waals surface area contributed by atoms with Gasteiger partial charge in [0.25, 0.3) is 0 Å². The minimum atomic E-state index is 0.666. The first kappa shape index (κ1) is 33.0. The predicted octanol–water partition coefficient (Wildman–Crippen LogP) is 13.4. The van der Waals surface area contributed by atoms with Crippen LogP contribution in [0.4, 0.5) is 0 Å². The molecule has 0 aliphatic heterocycles. The fourth-order valence-corrected chi connectivity index (χ4v) is 9.54. The maximum Gasteiger partial charge on any atom is 0.140 e. The van der Waals surface area contributed by atoms with Crippen LogP contribution in [0.15, 0.2) is 36.4 Å². The van der Waals surface area contributed by atoms with Crippen LogP contribution in [0, 0.1) is 20.8 Å². The summed E-state index contributed by atoms with van der Waals surface area (Å²) >= 11 is 7.40. The van der Waals surface area contributed by atoms with E-state index in [0.717, 1.165) is 24.5 Å². The predicted molar refractivity (Wildman–Crippen MR) is 191 cm³/mol. The monoisotopic (exact) mass is 640 g/mol. The number of ether oxygens (including phenoxy) is 2. The lowest BCUT2D eigenvalue weighted by Gasteiger charge is -2.10. The summed E-state index contributed by atoms with van der Waals surface area (Å²) in [5.41, 5.74) is 2.53. The first-order valence-electron chi connectivity index (χ1n) is 15.8. The van der Waals surface area contributed by atoms with Crippen molar-refractivity contribution in [3.05, 3.63) is 61.5 Å². The number of hydrogen-bond acceptors (Lipinski definition) is 6. The Bertz CT molecular complexity index is 1410. The van der Waals surface area contributed by atoms with Gasteiger partial charge in [-0.25, -0.2) is 0 Å². The molecule has 228 valence electrons. The third-order valence-corrected chi connectivity index (χ3v) is 12.3. The van der Waals surface area contributed by atoms with Crippen LogP contribution >= 0.6 is 45.3 Å². The number of unbranched alkanes of at least 4 members (excludes halogenated alkanes) is 9. The molecule has 0 N–H and O–H groups in total. The molecule has 0 aliphatic carbocycles. The Morgan fingerprint density at radius 2 is 1.33 bits per heavy atom. The molecule has 0 saturated carbocycles. The molecular formula is C36H48O2S4. The SMILES string of the molecule is CCCCCCCCCCCCOc1cc(C)sc1-c1sc(-c2ccc(/C(C)=C(\OCC)c3ccc(C)s3)s2)cc1C. The van der Waals surface area contributed by atoms with Crippen LogP contribution in [0.1, 0.15) is 110 Å². The highest BCUT2D eigenvalue weighted by atomic mass is 32.1. The minimum Gasteiger partial charge on any atom is -0.492 e. The zero-order valence-electron chi connectivity index (χ0n) is 26.4. The van der Waals surface area contributed by atoms with Crippen molar-refractivity contribution < 1.29 is 9.47 Å². The van der Waals surface area contributed by atoms with E-state index in [1.807, 2.05) is 34.0 Å². The summed E-state index contributed by atoms with van der Waals surface area (Å²) in [6, 6.07) is 13.4. The van der Waals surface area contributed by atoms with Crippen molar-refractivity contribution in [2.45, 2.75) is 106 Å². The highest BCUT2D eigenvalue weighted by Crippen LogP contribution is 2.47. The summed E-state index contributed by atoms with van der Waals surface area (Å²) in [5, 5.41) is 0. The van der Waals surface area contributed by atoms with Gasteiger partial charge in [-0.05, 0) is 83.0 Å². The zero-order chi connectivity index (χ0) is 29.9. The average Bonchev–Trinajstić information content (AvgIpc) is 3.77. The number of allylic oxidation sites excluding steroid dienone is 1. The van der Waals surface area contributed by atoms with E-state index in [-0.39, 0.29) is 0 Å². The minimum absolute atomic E-state index is 0.666. The second kappa shape index (κ2) is 16.8. The topological polar surface area (TPSA) is 18.5 Å². The molecule has 0 saturated heterocycles. The second-order valence-electron chi connectivity index (χ2n) is 11.2. The molecule has 2 nitrogen and oxygen atoms in total. The molecule has 0 bridgehead atoms. The quantitative estimate of drug-likeness (QED) is 0.0796. The van der Waals surface area contributed by atoms with Crippen molar-refractivity contribution in [3.63, 3.8) is 0 Å². The van der Waals surface area contributed by atoms with E-state index in [9.17, 15) is 0 Å². The lowest BCUT2D eigenvalue weighted by Crippen LogP contribution is -1.97. The van der Waals surface area contributed by atoms with Crippen molar-refractivity contribution in [3.8, 4) is 25.3 Å². The summed E-state index contributed by atoms with van der Waals surface area (Å²) in [5.74, 6) is 2.06. The van der Waals surface area contributed by atoms with Gasteiger partial charge < -0.3 is 9.47 Å². The first-order valence-corrected chi connectivity index (χ1v) is 19.0. The molecule has 0 radical (unpaired) electrons. The Morgan fingerprint density at radius 3 is 2.00 bits per heavy atom. The molecule has 0 aliphatic rings. The van der Waals surface area contributed by atoms with Gasteiger partial charge in [0, 0.05) is 30.0 Å². The summed E-state index contributed by atoms with van der Waals surface area (Å²) < 4.78 is 12.5. The zero-order valence-corrected chi connectivity index (χ0v) is 29.7. The van der Waals surface area contributed by atoms with Gasteiger partial charge in [-0.2, -0.15) is 0 Å². The fourth-order valence-electron chi connectivity index (χ4n) is 5.21. The molecule has 4 heterocycles. The van der Waals surface area contributed by atoms with E-state index in [0.29, 0.717) is 6.61 Å². The van der Waals surface area contributed by atoms with Crippen molar-refractivity contribution in [2.24, 2.45) is 0 Å². The number of hydrogen-bond donors (Lipinski definition) is 0. The van der Waals surface area contributed by atoms with Gasteiger partial charge in [-0.3, -0.25) is 0 Å². The van der Waals surface area contributed by atoms with Gasteiger partial charge in [-0.1, -0.05) is 64.7 Å². The van der Waals surface area contributed by atoms with E-state index in [1.165, 1.54) is 108 Å². The summed E-state index contributed by atoms with van der Waals surface area (Å²) in [6.45, 7) is 14.6. The maximum absolute atomic E-state index is 6.38. The highest BCUT2D eigenvalue weighted by molar-refractivity contribution is 7.27. The lowest BCUT2D eigenvalue weighted by atomic mass is 10.1. The van der Waals surface area contributed by atoms with Gasteiger partial charge in [0.1, 0.15) is 11.5 Å². The van der Waals surface area contributed by atoms with Gasteiger partial charge in [-0.15, -0.1) is 45.3 Å². The molecule has 0 atom stereocenters. The van der Waals surface area contributed by atoms with Crippen molar-refractivity contribution >= 4 is 56.7 Å². The van der Waals surface area contributed by atoms with E-state index in [1.54, 1.807) is 11.3 Å². The van der Waals surface area contributed by atoms with E-state index >= 15 is 0 Å². The molecule has 4 aromatic heterocycles. The number of thiophene rings is 4. The van der Waals surface area contributed by atoms with Crippen molar-refractivity contribution in [2.75, 3.05) is 13.2 Å². The van der Waals surface area contributed by atoms with Gasteiger partial charge in [0.2, 0.25) is 0 Å². The Morgan fingerprint density at radius 1 is 0.643 bits per heavy atom. The van der Waals surface area contributed by atoms with E-state index in [2.05, 4.69) is 77.9 Å². The van der Waals surface area contributed by atoms with Crippen LogP contribution in [0.2, 0.25) is 0 Å². The molecule has 42 heavy (non-hydrogen) atoms. The molecule has 0 unspecified atom stereocenters. The molecule has 0 spiro atoms. The van der Waals surface area contributed by atoms with Crippen LogP contribution in [0.3, 0.4) is 0 Å². The Balaban J connectivity index is 1.38. The van der Waals surface area contributed by atoms with Crippen LogP contribution in [0.5, 0.6) is 5.75 Å². The summed E-state index contributed by atoms with van der Waals surface area (Å²) in [7, 11) is 0. The number of rotatable bonds is 18. The van der Waals surface area contributed by atoms with Gasteiger partial charge in [0.15, 0.2) is 0 Å². The Labute approximate surface area is 270 Å².